The molecule has 0 aromatic heterocycles. The third-order valence-corrected chi connectivity index (χ3v) is 3.43. The van der Waals surface area contributed by atoms with Gasteiger partial charge < -0.3 is 9.53 Å². The minimum absolute atomic E-state index is 0.00428. The van der Waals surface area contributed by atoms with E-state index in [0.717, 1.165) is 18.3 Å². The maximum atomic E-state index is 11.9. The van der Waals surface area contributed by atoms with Gasteiger partial charge in [-0.25, -0.2) is 0 Å². The van der Waals surface area contributed by atoms with Crippen molar-refractivity contribution >= 4 is 12.1 Å². The van der Waals surface area contributed by atoms with Gasteiger partial charge in [0.2, 0.25) is 0 Å². The van der Waals surface area contributed by atoms with Crippen LogP contribution in [-0.4, -0.2) is 18.7 Å². The zero-order valence-electron chi connectivity index (χ0n) is 12.4. The molecule has 20 heavy (non-hydrogen) atoms. The summed E-state index contributed by atoms with van der Waals surface area (Å²) < 4.78 is 5.58. The molecule has 0 amide bonds. The second kappa shape index (κ2) is 9.43. The molecule has 0 unspecified atom stereocenters. The van der Waals surface area contributed by atoms with Crippen molar-refractivity contribution in [2.45, 2.75) is 39.7 Å². The summed E-state index contributed by atoms with van der Waals surface area (Å²) in [6.45, 7) is 4.95. The Morgan fingerprint density at radius 1 is 1.20 bits per heavy atom. The summed E-state index contributed by atoms with van der Waals surface area (Å²) in [7, 11) is 0. The number of carbonyl (C=O) groups excluding carboxylic acids is 2. The summed E-state index contributed by atoms with van der Waals surface area (Å²) >= 11 is 0. The molecule has 0 aliphatic carbocycles. The molecule has 0 aliphatic heterocycles. The molecule has 3 nitrogen and oxygen atoms in total. The van der Waals surface area contributed by atoms with Gasteiger partial charge in [-0.1, -0.05) is 44.2 Å². The topological polar surface area (TPSA) is 43.4 Å². The van der Waals surface area contributed by atoms with Crippen LogP contribution >= 0.6 is 0 Å². The lowest BCUT2D eigenvalue weighted by Gasteiger charge is -2.11. The van der Waals surface area contributed by atoms with Gasteiger partial charge >= 0.3 is 0 Å². The van der Waals surface area contributed by atoms with Crippen LogP contribution in [0.2, 0.25) is 0 Å². The number of benzene rings is 1. The average molecular weight is 276 g/mol. The minimum atomic E-state index is -0.0273. The van der Waals surface area contributed by atoms with Gasteiger partial charge in [0.1, 0.15) is 12.1 Å². The molecule has 0 heterocycles. The summed E-state index contributed by atoms with van der Waals surface area (Å²) in [4.78, 5) is 22.4. The first-order valence-corrected chi connectivity index (χ1v) is 7.23. The molecule has 3 heteroatoms. The van der Waals surface area contributed by atoms with E-state index in [9.17, 15) is 9.59 Å². The van der Waals surface area contributed by atoms with E-state index in [2.05, 4.69) is 0 Å². The Kier molecular flexibility index (Phi) is 7.81. The largest absolute Gasteiger partial charge is 0.377 e. The summed E-state index contributed by atoms with van der Waals surface area (Å²) in [5, 5.41) is 0. The number of rotatable bonds is 10. The van der Waals surface area contributed by atoms with E-state index in [-0.39, 0.29) is 17.6 Å². The SMILES string of the molecule is C[C@H](C=O)CCC(=O)[C@H](C)CCOCc1ccccc1. The highest BCUT2D eigenvalue weighted by molar-refractivity contribution is 5.80. The highest BCUT2D eigenvalue weighted by Crippen LogP contribution is 2.12. The average Bonchev–Trinajstić information content (AvgIpc) is 2.49. The third-order valence-electron chi connectivity index (χ3n) is 3.43. The molecule has 0 aliphatic rings. The molecule has 0 fully saturated rings. The third kappa shape index (κ3) is 6.62. The molecule has 0 saturated heterocycles. The van der Waals surface area contributed by atoms with Crippen molar-refractivity contribution in [1.82, 2.24) is 0 Å². The highest BCUT2D eigenvalue weighted by atomic mass is 16.5. The second-order valence-electron chi connectivity index (χ2n) is 5.35. The summed E-state index contributed by atoms with van der Waals surface area (Å²) in [5.74, 6) is 0.201. The molecular weight excluding hydrogens is 252 g/mol. The number of hydrogen-bond donors (Lipinski definition) is 0. The molecule has 110 valence electrons. The van der Waals surface area contributed by atoms with Gasteiger partial charge in [0, 0.05) is 24.9 Å². The molecular formula is C17H24O3. The van der Waals surface area contributed by atoms with Crippen molar-refractivity contribution in [2.24, 2.45) is 11.8 Å². The number of ketones is 1. The Balaban J connectivity index is 2.14. The van der Waals surface area contributed by atoms with Crippen LogP contribution in [0.15, 0.2) is 30.3 Å². The normalized spacial score (nSPS) is 13.7. The Labute approximate surface area is 121 Å². The zero-order chi connectivity index (χ0) is 14.8. The first-order valence-electron chi connectivity index (χ1n) is 7.23. The van der Waals surface area contributed by atoms with Gasteiger partial charge in [0.15, 0.2) is 0 Å². The smallest absolute Gasteiger partial charge is 0.135 e. The van der Waals surface area contributed by atoms with E-state index in [1.807, 2.05) is 44.2 Å². The molecule has 1 aromatic rings. The van der Waals surface area contributed by atoms with Gasteiger partial charge in [-0.3, -0.25) is 4.79 Å². The number of Topliss-reactive ketones (excluding diaryl/α,β-unsaturated/α-hetero) is 1. The zero-order valence-corrected chi connectivity index (χ0v) is 12.4. The first kappa shape index (κ1) is 16.6. The molecule has 0 bridgehead atoms. The molecule has 1 rings (SSSR count). The van der Waals surface area contributed by atoms with Crippen molar-refractivity contribution in [3.63, 3.8) is 0 Å². The quantitative estimate of drug-likeness (QED) is 0.486. The molecule has 0 radical (unpaired) electrons. The van der Waals surface area contributed by atoms with E-state index in [4.69, 9.17) is 4.74 Å². The van der Waals surface area contributed by atoms with E-state index in [1.54, 1.807) is 0 Å². The van der Waals surface area contributed by atoms with Crippen LogP contribution in [0, 0.1) is 11.8 Å². The van der Waals surface area contributed by atoms with E-state index in [0.29, 0.717) is 26.1 Å². The van der Waals surface area contributed by atoms with Crippen LogP contribution in [0.5, 0.6) is 0 Å². The van der Waals surface area contributed by atoms with Crippen LogP contribution in [0.3, 0.4) is 0 Å². The monoisotopic (exact) mass is 276 g/mol. The lowest BCUT2D eigenvalue weighted by molar-refractivity contribution is -0.123. The molecule has 0 N–H and O–H groups in total. The summed E-state index contributed by atoms with van der Waals surface area (Å²) in [5.41, 5.74) is 1.14. The lowest BCUT2D eigenvalue weighted by Crippen LogP contribution is -2.14. The fourth-order valence-corrected chi connectivity index (χ4v) is 1.87. The molecule has 0 saturated carbocycles. The van der Waals surface area contributed by atoms with Crippen molar-refractivity contribution in [3.05, 3.63) is 35.9 Å². The van der Waals surface area contributed by atoms with E-state index < -0.39 is 0 Å². The standard InChI is InChI=1S/C17H24O3/c1-14(12-18)8-9-17(19)15(2)10-11-20-13-16-6-4-3-5-7-16/h3-7,12,14-15H,8-11,13H2,1-2H3/t14-,15+/m0/s1. The van der Waals surface area contributed by atoms with E-state index >= 15 is 0 Å². The van der Waals surface area contributed by atoms with Gasteiger partial charge in [0.25, 0.3) is 0 Å². The van der Waals surface area contributed by atoms with Crippen LogP contribution in [0.25, 0.3) is 0 Å². The van der Waals surface area contributed by atoms with Crippen molar-refractivity contribution < 1.29 is 14.3 Å². The van der Waals surface area contributed by atoms with Gasteiger partial charge in [0.05, 0.1) is 6.61 Å². The first-order chi connectivity index (χ1) is 9.63. The lowest BCUT2D eigenvalue weighted by atomic mass is 9.96. The maximum absolute atomic E-state index is 11.9. The maximum Gasteiger partial charge on any atom is 0.135 e. The minimum Gasteiger partial charge on any atom is -0.377 e. The second-order valence-corrected chi connectivity index (χ2v) is 5.35. The van der Waals surface area contributed by atoms with Crippen molar-refractivity contribution in [1.29, 1.82) is 0 Å². The Morgan fingerprint density at radius 2 is 1.90 bits per heavy atom. The predicted octanol–water partition coefficient (Wildman–Crippen LogP) is 3.41. The number of ether oxygens (including phenoxy) is 1. The fraction of sp³-hybridized carbons (Fsp3) is 0.529. The molecule has 0 spiro atoms. The number of carbonyl (C=O) groups is 2. The van der Waals surface area contributed by atoms with Crippen LogP contribution in [0.1, 0.15) is 38.7 Å². The molecule has 1 aromatic carbocycles. The highest BCUT2D eigenvalue weighted by Gasteiger charge is 2.13. The Bertz CT molecular complexity index is 400. The van der Waals surface area contributed by atoms with Gasteiger partial charge in [-0.2, -0.15) is 0 Å². The van der Waals surface area contributed by atoms with Crippen LogP contribution in [0.4, 0.5) is 0 Å². The Hall–Kier alpha value is -1.48. The number of hydrogen-bond acceptors (Lipinski definition) is 3. The van der Waals surface area contributed by atoms with Crippen molar-refractivity contribution in [3.8, 4) is 0 Å². The van der Waals surface area contributed by atoms with Gasteiger partial charge in [-0.05, 0) is 18.4 Å². The molecule has 2 atom stereocenters. The van der Waals surface area contributed by atoms with Gasteiger partial charge in [-0.15, -0.1) is 0 Å². The predicted molar refractivity (Wildman–Crippen MR) is 79.3 cm³/mol. The summed E-state index contributed by atoms with van der Waals surface area (Å²) in [6.07, 6.45) is 2.78. The fourth-order valence-electron chi connectivity index (χ4n) is 1.87. The Morgan fingerprint density at radius 3 is 2.55 bits per heavy atom. The van der Waals surface area contributed by atoms with Crippen LogP contribution in [-0.2, 0) is 20.9 Å². The van der Waals surface area contributed by atoms with Crippen molar-refractivity contribution in [2.75, 3.05) is 6.61 Å². The number of aldehydes is 1. The van der Waals surface area contributed by atoms with E-state index in [1.165, 1.54) is 0 Å². The van der Waals surface area contributed by atoms with Crippen LogP contribution < -0.4 is 0 Å². The summed E-state index contributed by atoms with van der Waals surface area (Å²) in [6, 6.07) is 9.99.